The molecule has 0 spiro atoms. The third kappa shape index (κ3) is 0.964. The van der Waals surface area contributed by atoms with E-state index in [0.29, 0.717) is 6.42 Å². The Hall–Kier alpha value is -1.12. The molecule has 0 aromatic carbocycles. The smallest absolute Gasteiger partial charge is 0.334 e. The summed E-state index contributed by atoms with van der Waals surface area (Å²) in [6, 6.07) is 0. The van der Waals surface area contributed by atoms with Crippen LogP contribution in [-0.2, 0) is 9.53 Å². The molecule has 11 heavy (non-hydrogen) atoms. The Bertz CT molecular complexity index is 212. The fourth-order valence-electron chi connectivity index (χ4n) is 1.21. The number of methoxy groups -OCH3 is 1. The highest BCUT2D eigenvalue weighted by atomic mass is 16.5. The molecule has 0 heterocycles. The van der Waals surface area contributed by atoms with Gasteiger partial charge in [0.05, 0.1) is 7.11 Å². The third-order valence-electron chi connectivity index (χ3n) is 2.09. The second-order valence-corrected chi connectivity index (χ2v) is 2.62. The first-order chi connectivity index (χ1) is 5.21. The van der Waals surface area contributed by atoms with Gasteiger partial charge in [-0.15, -0.1) is 6.58 Å². The van der Waals surface area contributed by atoms with Crippen LogP contribution in [0.3, 0.4) is 0 Å². The molecule has 0 bridgehead atoms. The van der Waals surface area contributed by atoms with E-state index in [4.69, 9.17) is 0 Å². The number of rotatable bonds is 3. The monoisotopic (exact) mass is 153 g/mol. The Morgan fingerprint density at radius 2 is 2.55 bits per heavy atom. The van der Waals surface area contributed by atoms with Gasteiger partial charge in [-0.2, -0.15) is 0 Å². The summed E-state index contributed by atoms with van der Waals surface area (Å²) in [5.74, 6) is -0.190. The Kier molecular flexibility index (Phi) is 1.81. The zero-order valence-corrected chi connectivity index (χ0v) is 6.54. The number of carbonyl (C=O) groups excluding carboxylic acids is 1. The molecule has 1 saturated carbocycles. The van der Waals surface area contributed by atoms with Crippen molar-refractivity contribution >= 4 is 12.7 Å². The third-order valence-corrected chi connectivity index (χ3v) is 2.09. The van der Waals surface area contributed by atoms with Crippen molar-refractivity contribution in [2.75, 3.05) is 7.11 Å². The van der Waals surface area contributed by atoms with Crippen molar-refractivity contribution in [1.29, 1.82) is 0 Å². The lowest BCUT2D eigenvalue weighted by molar-refractivity contribution is -0.143. The largest absolute Gasteiger partial charge is 0.467 e. The minimum atomic E-state index is -0.698. The normalized spacial score (nSPS) is 34.1. The van der Waals surface area contributed by atoms with Crippen LogP contribution in [0.5, 0.6) is 0 Å². The number of carbonyl (C=O) groups is 1. The van der Waals surface area contributed by atoms with Crippen molar-refractivity contribution < 1.29 is 9.53 Å². The molecule has 3 heteroatoms. The summed E-state index contributed by atoms with van der Waals surface area (Å²) in [6.07, 6.45) is 2.40. The minimum absolute atomic E-state index is 0.118. The van der Waals surface area contributed by atoms with Gasteiger partial charge in [0.25, 0.3) is 0 Å². The topological polar surface area (TPSA) is 38.7 Å². The second kappa shape index (κ2) is 2.49. The van der Waals surface area contributed by atoms with Gasteiger partial charge in [0.1, 0.15) is 0 Å². The SMILES string of the molecule is C=CC1CC1(N=C)C(=O)OC. The van der Waals surface area contributed by atoms with Gasteiger partial charge < -0.3 is 4.74 Å². The van der Waals surface area contributed by atoms with E-state index >= 15 is 0 Å². The number of aliphatic imine (C=N–C) groups is 1. The molecule has 2 unspecified atom stereocenters. The molecule has 1 aliphatic rings. The summed E-state index contributed by atoms with van der Waals surface area (Å²) >= 11 is 0. The standard InChI is InChI=1S/C8H11NO2/c1-4-6-5-8(6,9-2)7(10)11-3/h4,6H,1-2,5H2,3H3. The molecule has 0 amide bonds. The van der Waals surface area contributed by atoms with Crippen molar-refractivity contribution in [3.05, 3.63) is 12.7 Å². The highest BCUT2D eigenvalue weighted by Gasteiger charge is 2.59. The Labute approximate surface area is 65.8 Å². The van der Waals surface area contributed by atoms with Crippen LogP contribution < -0.4 is 0 Å². The number of hydrogen-bond acceptors (Lipinski definition) is 3. The van der Waals surface area contributed by atoms with Gasteiger partial charge in [0.2, 0.25) is 0 Å². The maximum absolute atomic E-state index is 11.1. The number of ether oxygens (including phenoxy) is 1. The molecule has 60 valence electrons. The van der Waals surface area contributed by atoms with Crippen LogP contribution in [0.4, 0.5) is 0 Å². The fraction of sp³-hybridized carbons (Fsp3) is 0.500. The van der Waals surface area contributed by atoms with E-state index < -0.39 is 5.54 Å². The van der Waals surface area contributed by atoms with E-state index in [9.17, 15) is 4.79 Å². The lowest BCUT2D eigenvalue weighted by Gasteiger charge is -2.06. The maximum Gasteiger partial charge on any atom is 0.334 e. The first kappa shape index (κ1) is 7.98. The van der Waals surface area contributed by atoms with Crippen molar-refractivity contribution in [2.24, 2.45) is 10.9 Å². The van der Waals surface area contributed by atoms with Gasteiger partial charge in [0.15, 0.2) is 5.54 Å². The number of esters is 1. The van der Waals surface area contributed by atoms with Crippen LogP contribution >= 0.6 is 0 Å². The van der Waals surface area contributed by atoms with E-state index in [1.54, 1.807) is 6.08 Å². The van der Waals surface area contributed by atoms with Gasteiger partial charge in [-0.25, -0.2) is 4.79 Å². The van der Waals surface area contributed by atoms with Crippen molar-refractivity contribution in [1.82, 2.24) is 0 Å². The maximum atomic E-state index is 11.1. The molecule has 0 aliphatic heterocycles. The highest BCUT2D eigenvalue weighted by molar-refractivity contribution is 5.86. The lowest BCUT2D eigenvalue weighted by Crippen LogP contribution is -2.23. The van der Waals surface area contributed by atoms with Crippen LogP contribution in [0.2, 0.25) is 0 Å². The van der Waals surface area contributed by atoms with Crippen LogP contribution in [-0.4, -0.2) is 25.3 Å². The summed E-state index contributed by atoms with van der Waals surface area (Å²) < 4.78 is 4.58. The first-order valence-corrected chi connectivity index (χ1v) is 3.40. The highest BCUT2D eigenvalue weighted by Crippen LogP contribution is 2.48. The molecule has 3 nitrogen and oxygen atoms in total. The number of nitrogens with zero attached hydrogens (tertiary/aromatic N) is 1. The van der Waals surface area contributed by atoms with Crippen LogP contribution in [0.25, 0.3) is 0 Å². The average Bonchev–Trinajstić information content (AvgIpc) is 2.78. The molecule has 0 radical (unpaired) electrons. The Balaban J connectivity index is 2.73. The summed E-state index contributed by atoms with van der Waals surface area (Å²) in [6.45, 7) is 6.95. The molecule has 0 saturated heterocycles. The summed E-state index contributed by atoms with van der Waals surface area (Å²) in [5.41, 5.74) is -0.698. The summed E-state index contributed by atoms with van der Waals surface area (Å²) in [4.78, 5) is 14.9. The Morgan fingerprint density at radius 1 is 1.91 bits per heavy atom. The molecular weight excluding hydrogens is 142 g/mol. The van der Waals surface area contributed by atoms with Crippen molar-refractivity contribution in [2.45, 2.75) is 12.0 Å². The van der Waals surface area contributed by atoms with Gasteiger partial charge >= 0.3 is 5.97 Å². The van der Waals surface area contributed by atoms with E-state index in [2.05, 4.69) is 23.0 Å². The Morgan fingerprint density at radius 3 is 2.82 bits per heavy atom. The van der Waals surface area contributed by atoms with Crippen LogP contribution in [0, 0.1) is 5.92 Å². The molecule has 1 fully saturated rings. The first-order valence-electron chi connectivity index (χ1n) is 3.40. The fourth-order valence-corrected chi connectivity index (χ4v) is 1.21. The summed E-state index contributed by atoms with van der Waals surface area (Å²) in [7, 11) is 1.35. The van der Waals surface area contributed by atoms with Gasteiger partial charge in [-0.1, -0.05) is 6.08 Å². The molecule has 1 aliphatic carbocycles. The molecular formula is C8H11NO2. The molecule has 0 aromatic heterocycles. The van der Waals surface area contributed by atoms with Crippen molar-refractivity contribution in [3.8, 4) is 0 Å². The predicted molar refractivity (Wildman–Crippen MR) is 42.6 cm³/mol. The lowest BCUT2D eigenvalue weighted by atomic mass is 10.2. The average molecular weight is 153 g/mol. The van der Waals surface area contributed by atoms with Crippen LogP contribution in [0.1, 0.15) is 6.42 Å². The molecule has 0 aromatic rings. The zero-order valence-electron chi connectivity index (χ0n) is 6.54. The molecule has 1 rings (SSSR count). The molecule has 2 atom stereocenters. The quantitative estimate of drug-likeness (QED) is 0.342. The summed E-state index contributed by atoms with van der Waals surface area (Å²) in [5, 5.41) is 0. The van der Waals surface area contributed by atoms with Gasteiger partial charge in [-0.3, -0.25) is 4.99 Å². The van der Waals surface area contributed by atoms with Crippen molar-refractivity contribution in [3.63, 3.8) is 0 Å². The molecule has 0 N–H and O–H groups in total. The number of hydrogen-bond donors (Lipinski definition) is 0. The van der Waals surface area contributed by atoms with E-state index in [1.165, 1.54) is 7.11 Å². The zero-order chi connectivity index (χ0) is 8.48. The van der Waals surface area contributed by atoms with E-state index in [1.807, 2.05) is 0 Å². The van der Waals surface area contributed by atoms with E-state index in [-0.39, 0.29) is 11.9 Å². The van der Waals surface area contributed by atoms with Gasteiger partial charge in [-0.05, 0) is 13.1 Å². The van der Waals surface area contributed by atoms with E-state index in [0.717, 1.165) is 0 Å². The van der Waals surface area contributed by atoms with Crippen LogP contribution in [0.15, 0.2) is 17.6 Å². The van der Waals surface area contributed by atoms with Gasteiger partial charge in [0, 0.05) is 5.92 Å². The predicted octanol–water partition coefficient (Wildman–Crippen LogP) is 0.805. The minimum Gasteiger partial charge on any atom is -0.467 e. The second-order valence-electron chi connectivity index (χ2n) is 2.62.